The summed E-state index contributed by atoms with van der Waals surface area (Å²) in [6.45, 7) is 5.42. The first kappa shape index (κ1) is 15.6. The van der Waals surface area contributed by atoms with Crippen molar-refractivity contribution in [2.24, 2.45) is 0 Å². The van der Waals surface area contributed by atoms with Crippen molar-refractivity contribution in [1.82, 2.24) is 9.97 Å². The molecule has 0 saturated heterocycles. The highest BCUT2D eigenvalue weighted by Crippen LogP contribution is 2.19. The highest BCUT2D eigenvalue weighted by Gasteiger charge is 2.10. The molecule has 0 bridgehead atoms. The largest absolute Gasteiger partial charge is 0.475 e. The van der Waals surface area contributed by atoms with Crippen LogP contribution in [-0.2, 0) is 6.54 Å². The lowest BCUT2D eigenvalue weighted by Gasteiger charge is -2.23. The van der Waals surface area contributed by atoms with Crippen LogP contribution in [0.5, 0.6) is 5.88 Å². The summed E-state index contributed by atoms with van der Waals surface area (Å²) in [5.41, 5.74) is 1.22. The molecule has 1 aromatic heterocycles. The third-order valence-corrected chi connectivity index (χ3v) is 3.05. The summed E-state index contributed by atoms with van der Waals surface area (Å²) in [6, 6.07) is 12.1. The van der Waals surface area contributed by atoms with Crippen LogP contribution in [0, 0.1) is 0 Å². The van der Waals surface area contributed by atoms with Crippen molar-refractivity contribution in [3.8, 4) is 5.88 Å². The number of hydrogen-bond donors (Lipinski definition) is 0. The van der Waals surface area contributed by atoms with Crippen LogP contribution in [0.15, 0.2) is 42.7 Å². The summed E-state index contributed by atoms with van der Waals surface area (Å²) >= 11 is 5.92. The van der Waals surface area contributed by atoms with E-state index in [1.165, 1.54) is 11.9 Å². The van der Waals surface area contributed by atoms with Gasteiger partial charge in [0, 0.05) is 25.0 Å². The highest BCUT2D eigenvalue weighted by molar-refractivity contribution is 6.18. The van der Waals surface area contributed by atoms with E-state index in [4.69, 9.17) is 16.3 Å². The fourth-order valence-corrected chi connectivity index (χ4v) is 2.19. The first-order chi connectivity index (χ1) is 10.2. The molecule has 0 aliphatic heterocycles. The number of ether oxygens (including phenoxy) is 1. The van der Waals surface area contributed by atoms with E-state index in [1.54, 1.807) is 0 Å². The number of benzene rings is 1. The minimum atomic E-state index is 0.0864. The van der Waals surface area contributed by atoms with Crippen molar-refractivity contribution in [3.63, 3.8) is 0 Å². The first-order valence-corrected chi connectivity index (χ1v) is 7.56. The van der Waals surface area contributed by atoms with Gasteiger partial charge in [-0.15, -0.1) is 11.6 Å². The summed E-state index contributed by atoms with van der Waals surface area (Å²) in [7, 11) is 0. The molecule has 5 heteroatoms. The molecule has 0 N–H and O–H groups in total. The van der Waals surface area contributed by atoms with Gasteiger partial charge < -0.3 is 9.64 Å². The van der Waals surface area contributed by atoms with Gasteiger partial charge in [0.15, 0.2) is 0 Å². The normalized spacial score (nSPS) is 10.7. The second-order valence-corrected chi connectivity index (χ2v) is 5.36. The zero-order chi connectivity index (χ0) is 15.1. The fraction of sp³-hybridized carbons (Fsp3) is 0.375. The van der Waals surface area contributed by atoms with E-state index in [2.05, 4.69) is 27.0 Å². The Morgan fingerprint density at radius 2 is 1.95 bits per heavy atom. The molecule has 0 spiro atoms. The molecule has 0 amide bonds. The quantitative estimate of drug-likeness (QED) is 0.734. The van der Waals surface area contributed by atoms with Gasteiger partial charge in [-0.2, -0.15) is 0 Å². The Labute approximate surface area is 130 Å². The number of rotatable bonds is 7. The number of aromatic nitrogens is 2. The van der Waals surface area contributed by atoms with E-state index < -0.39 is 0 Å². The van der Waals surface area contributed by atoms with Gasteiger partial charge in [0.1, 0.15) is 12.1 Å². The van der Waals surface area contributed by atoms with Gasteiger partial charge >= 0.3 is 0 Å². The lowest BCUT2D eigenvalue weighted by atomic mass is 10.2. The molecular weight excluding hydrogens is 286 g/mol. The third kappa shape index (κ3) is 4.90. The maximum atomic E-state index is 5.92. The molecule has 0 aliphatic carbocycles. The van der Waals surface area contributed by atoms with Crippen molar-refractivity contribution in [2.45, 2.75) is 26.5 Å². The summed E-state index contributed by atoms with van der Waals surface area (Å²) in [5.74, 6) is 1.95. The molecule has 2 rings (SSSR count). The Kier molecular flexibility index (Phi) is 5.81. The van der Waals surface area contributed by atoms with Crippen LogP contribution >= 0.6 is 11.6 Å². The van der Waals surface area contributed by atoms with Gasteiger partial charge in [0.25, 0.3) is 0 Å². The van der Waals surface area contributed by atoms with E-state index in [9.17, 15) is 0 Å². The standard InChI is InChI=1S/C16H20ClN3O/c1-13(2)21-16-10-15(18-12-19-16)20(9-8-17)11-14-6-4-3-5-7-14/h3-7,10,12-13H,8-9,11H2,1-2H3. The predicted molar refractivity (Wildman–Crippen MR) is 86.0 cm³/mol. The molecule has 0 atom stereocenters. The van der Waals surface area contributed by atoms with Crippen molar-refractivity contribution >= 4 is 17.4 Å². The first-order valence-electron chi connectivity index (χ1n) is 7.02. The number of hydrogen-bond acceptors (Lipinski definition) is 4. The molecular formula is C16H20ClN3O. The summed E-state index contributed by atoms with van der Waals surface area (Å²) in [4.78, 5) is 10.6. The van der Waals surface area contributed by atoms with Crippen LogP contribution in [0.1, 0.15) is 19.4 Å². The smallest absolute Gasteiger partial charge is 0.218 e. The topological polar surface area (TPSA) is 38.2 Å². The minimum absolute atomic E-state index is 0.0864. The van der Waals surface area contributed by atoms with Crippen molar-refractivity contribution in [1.29, 1.82) is 0 Å². The molecule has 21 heavy (non-hydrogen) atoms. The lowest BCUT2D eigenvalue weighted by Crippen LogP contribution is -2.26. The van der Waals surface area contributed by atoms with E-state index >= 15 is 0 Å². The second kappa shape index (κ2) is 7.84. The van der Waals surface area contributed by atoms with E-state index in [0.717, 1.165) is 12.4 Å². The maximum Gasteiger partial charge on any atom is 0.218 e. The molecule has 112 valence electrons. The van der Waals surface area contributed by atoms with Crippen LogP contribution in [0.3, 0.4) is 0 Å². The maximum absolute atomic E-state index is 5.92. The monoisotopic (exact) mass is 305 g/mol. The van der Waals surface area contributed by atoms with Gasteiger partial charge in [-0.25, -0.2) is 9.97 Å². The molecule has 0 unspecified atom stereocenters. The Morgan fingerprint density at radius 3 is 2.62 bits per heavy atom. The minimum Gasteiger partial charge on any atom is -0.475 e. The van der Waals surface area contributed by atoms with E-state index in [-0.39, 0.29) is 6.10 Å². The zero-order valence-corrected chi connectivity index (χ0v) is 13.1. The van der Waals surface area contributed by atoms with E-state index in [0.29, 0.717) is 18.3 Å². The van der Waals surface area contributed by atoms with Gasteiger partial charge in [-0.05, 0) is 19.4 Å². The number of alkyl halides is 1. The molecule has 0 fully saturated rings. The van der Waals surface area contributed by atoms with Crippen LogP contribution in [0.4, 0.5) is 5.82 Å². The molecule has 0 aliphatic rings. The molecule has 4 nitrogen and oxygen atoms in total. The Hall–Kier alpha value is -1.81. The number of nitrogens with zero attached hydrogens (tertiary/aromatic N) is 3. The Bertz CT molecular complexity index is 548. The van der Waals surface area contributed by atoms with Gasteiger partial charge in [0.05, 0.1) is 6.10 Å². The van der Waals surface area contributed by atoms with Crippen molar-refractivity contribution < 1.29 is 4.74 Å². The molecule has 1 heterocycles. The summed E-state index contributed by atoms with van der Waals surface area (Å²) in [6.07, 6.45) is 1.61. The third-order valence-electron chi connectivity index (χ3n) is 2.88. The fourth-order valence-electron chi connectivity index (χ4n) is 1.99. The van der Waals surface area contributed by atoms with Gasteiger partial charge in [-0.1, -0.05) is 30.3 Å². The average Bonchev–Trinajstić information content (AvgIpc) is 2.47. The van der Waals surface area contributed by atoms with Crippen LogP contribution in [0.2, 0.25) is 0 Å². The van der Waals surface area contributed by atoms with Gasteiger partial charge in [-0.3, -0.25) is 0 Å². The molecule has 0 radical (unpaired) electrons. The summed E-state index contributed by atoms with van der Waals surface area (Å²) in [5, 5.41) is 0. The molecule has 2 aromatic rings. The van der Waals surface area contributed by atoms with Crippen LogP contribution in [-0.4, -0.2) is 28.5 Å². The van der Waals surface area contributed by atoms with Gasteiger partial charge in [0.2, 0.25) is 5.88 Å². The SMILES string of the molecule is CC(C)Oc1cc(N(CCCl)Cc2ccccc2)ncn1. The van der Waals surface area contributed by atoms with E-state index in [1.807, 2.05) is 38.1 Å². The van der Waals surface area contributed by atoms with Crippen LogP contribution < -0.4 is 9.64 Å². The zero-order valence-electron chi connectivity index (χ0n) is 12.4. The predicted octanol–water partition coefficient (Wildman–Crippen LogP) is 3.51. The molecule has 0 saturated carbocycles. The van der Waals surface area contributed by atoms with Crippen LogP contribution in [0.25, 0.3) is 0 Å². The Morgan fingerprint density at radius 1 is 1.19 bits per heavy atom. The number of anilines is 1. The Balaban J connectivity index is 2.17. The lowest BCUT2D eigenvalue weighted by molar-refractivity contribution is 0.232. The second-order valence-electron chi connectivity index (χ2n) is 4.98. The van der Waals surface area contributed by atoms with Crippen molar-refractivity contribution in [2.75, 3.05) is 17.3 Å². The average molecular weight is 306 g/mol. The number of halogens is 1. The summed E-state index contributed by atoms with van der Waals surface area (Å²) < 4.78 is 5.62. The van der Waals surface area contributed by atoms with Crippen molar-refractivity contribution in [3.05, 3.63) is 48.3 Å². The molecule has 1 aromatic carbocycles. The highest BCUT2D eigenvalue weighted by atomic mass is 35.5.